The second-order valence-corrected chi connectivity index (χ2v) is 5.37. The lowest BCUT2D eigenvalue weighted by molar-refractivity contribution is 0.406. The van der Waals surface area contributed by atoms with Gasteiger partial charge in [-0.25, -0.2) is 8.78 Å². The van der Waals surface area contributed by atoms with Crippen LogP contribution in [0.5, 0.6) is 11.5 Å². The van der Waals surface area contributed by atoms with Crippen LogP contribution in [0.1, 0.15) is 24.0 Å². The van der Waals surface area contributed by atoms with Gasteiger partial charge in [-0.2, -0.15) is 0 Å². The fourth-order valence-corrected chi connectivity index (χ4v) is 2.16. The predicted octanol–water partition coefficient (Wildman–Crippen LogP) is 4.32. The number of hydrogen-bond donors (Lipinski definition) is 1. The van der Waals surface area contributed by atoms with Crippen LogP contribution in [-0.4, -0.2) is 6.04 Å². The van der Waals surface area contributed by atoms with Crippen LogP contribution in [0, 0.1) is 18.6 Å². The zero-order chi connectivity index (χ0) is 14.8. The van der Waals surface area contributed by atoms with Gasteiger partial charge in [0.1, 0.15) is 0 Å². The molecule has 1 aliphatic rings. The van der Waals surface area contributed by atoms with Crippen molar-refractivity contribution in [1.29, 1.82) is 0 Å². The van der Waals surface area contributed by atoms with Crippen molar-refractivity contribution in [2.45, 2.75) is 32.4 Å². The van der Waals surface area contributed by atoms with Gasteiger partial charge in [0.2, 0.25) is 0 Å². The Labute approximate surface area is 122 Å². The zero-order valence-electron chi connectivity index (χ0n) is 11.8. The Bertz CT molecular complexity index is 653. The van der Waals surface area contributed by atoms with Gasteiger partial charge in [-0.05, 0) is 37.5 Å². The van der Waals surface area contributed by atoms with Crippen LogP contribution >= 0.6 is 0 Å². The summed E-state index contributed by atoms with van der Waals surface area (Å²) < 4.78 is 33.6. The first-order valence-corrected chi connectivity index (χ1v) is 7.09. The SMILES string of the molecule is Cc1cccc(Oc2c(F)cccc2CNC2CC2)c1F. The average molecular weight is 289 g/mol. The second-order valence-electron chi connectivity index (χ2n) is 5.37. The molecule has 0 amide bonds. The molecule has 1 saturated carbocycles. The quantitative estimate of drug-likeness (QED) is 0.885. The first-order chi connectivity index (χ1) is 10.1. The van der Waals surface area contributed by atoms with E-state index in [2.05, 4.69) is 5.32 Å². The van der Waals surface area contributed by atoms with Crippen molar-refractivity contribution in [3.8, 4) is 11.5 Å². The van der Waals surface area contributed by atoms with Gasteiger partial charge in [0.15, 0.2) is 23.1 Å². The predicted molar refractivity (Wildman–Crippen MR) is 77.5 cm³/mol. The van der Waals surface area contributed by atoms with Gasteiger partial charge in [0, 0.05) is 18.2 Å². The van der Waals surface area contributed by atoms with Crippen LogP contribution in [0.15, 0.2) is 36.4 Å². The minimum absolute atomic E-state index is 0.0489. The summed E-state index contributed by atoms with van der Waals surface area (Å²) in [6, 6.07) is 10.1. The molecular weight excluding hydrogens is 272 g/mol. The number of hydrogen-bond acceptors (Lipinski definition) is 2. The highest BCUT2D eigenvalue weighted by Gasteiger charge is 2.21. The summed E-state index contributed by atoms with van der Waals surface area (Å²) in [4.78, 5) is 0. The summed E-state index contributed by atoms with van der Waals surface area (Å²) in [5, 5.41) is 3.31. The number of halogens is 2. The van der Waals surface area contributed by atoms with Crippen molar-refractivity contribution >= 4 is 0 Å². The van der Waals surface area contributed by atoms with Crippen LogP contribution in [0.2, 0.25) is 0 Å². The molecular formula is C17H17F2NO. The molecule has 3 rings (SSSR count). The van der Waals surface area contributed by atoms with Crippen LogP contribution in [0.3, 0.4) is 0 Å². The van der Waals surface area contributed by atoms with Crippen molar-refractivity contribution in [3.05, 3.63) is 59.2 Å². The minimum Gasteiger partial charge on any atom is -0.451 e. The van der Waals surface area contributed by atoms with Crippen molar-refractivity contribution in [3.63, 3.8) is 0 Å². The Morgan fingerprint density at radius 2 is 1.90 bits per heavy atom. The van der Waals surface area contributed by atoms with Crippen LogP contribution in [0.25, 0.3) is 0 Å². The molecule has 2 aromatic carbocycles. The lowest BCUT2D eigenvalue weighted by Gasteiger charge is -2.13. The van der Waals surface area contributed by atoms with Crippen LogP contribution in [0.4, 0.5) is 8.78 Å². The van der Waals surface area contributed by atoms with Crippen molar-refractivity contribution in [2.24, 2.45) is 0 Å². The topological polar surface area (TPSA) is 21.3 Å². The highest BCUT2D eigenvalue weighted by molar-refractivity contribution is 5.40. The third kappa shape index (κ3) is 3.22. The Kier molecular flexibility index (Phi) is 3.88. The minimum atomic E-state index is -0.481. The summed E-state index contributed by atoms with van der Waals surface area (Å²) in [7, 11) is 0. The molecule has 0 aliphatic heterocycles. The lowest BCUT2D eigenvalue weighted by Crippen LogP contribution is -2.16. The monoisotopic (exact) mass is 289 g/mol. The van der Waals surface area contributed by atoms with E-state index < -0.39 is 11.6 Å². The van der Waals surface area contributed by atoms with Gasteiger partial charge in [-0.15, -0.1) is 0 Å². The van der Waals surface area contributed by atoms with E-state index in [-0.39, 0.29) is 11.5 Å². The second kappa shape index (κ2) is 5.82. The molecule has 1 aliphatic carbocycles. The van der Waals surface area contributed by atoms with E-state index in [9.17, 15) is 8.78 Å². The zero-order valence-corrected chi connectivity index (χ0v) is 11.8. The van der Waals surface area contributed by atoms with E-state index in [1.165, 1.54) is 12.1 Å². The summed E-state index contributed by atoms with van der Waals surface area (Å²) in [5.41, 5.74) is 1.17. The van der Waals surface area contributed by atoms with Crippen LogP contribution in [-0.2, 0) is 6.54 Å². The van der Waals surface area contributed by atoms with Gasteiger partial charge in [0.05, 0.1) is 0 Å². The molecule has 0 atom stereocenters. The highest BCUT2D eigenvalue weighted by atomic mass is 19.1. The average Bonchev–Trinajstić information content (AvgIpc) is 3.28. The normalized spacial score (nSPS) is 14.2. The maximum absolute atomic E-state index is 14.0. The number of ether oxygens (including phenoxy) is 1. The Morgan fingerprint density at radius 1 is 1.14 bits per heavy atom. The molecule has 21 heavy (non-hydrogen) atoms. The molecule has 2 aromatic rings. The summed E-state index contributed by atoms with van der Waals surface area (Å²) in [6.07, 6.45) is 2.30. The molecule has 0 heterocycles. The molecule has 2 nitrogen and oxygen atoms in total. The van der Waals surface area contributed by atoms with E-state index >= 15 is 0 Å². The fourth-order valence-electron chi connectivity index (χ4n) is 2.16. The number of nitrogens with one attached hydrogen (secondary N) is 1. The highest BCUT2D eigenvalue weighted by Crippen LogP contribution is 2.31. The number of para-hydroxylation sites is 1. The molecule has 0 unspecified atom stereocenters. The number of benzene rings is 2. The molecule has 0 spiro atoms. The van der Waals surface area contributed by atoms with E-state index in [0.29, 0.717) is 23.7 Å². The molecule has 4 heteroatoms. The van der Waals surface area contributed by atoms with E-state index in [1.807, 2.05) is 0 Å². The Morgan fingerprint density at radius 3 is 2.67 bits per heavy atom. The molecule has 0 saturated heterocycles. The first kappa shape index (κ1) is 14.0. The van der Waals surface area contributed by atoms with E-state index in [0.717, 1.165) is 12.8 Å². The molecule has 1 N–H and O–H groups in total. The van der Waals surface area contributed by atoms with E-state index in [4.69, 9.17) is 4.74 Å². The van der Waals surface area contributed by atoms with Gasteiger partial charge < -0.3 is 10.1 Å². The van der Waals surface area contributed by atoms with Crippen molar-refractivity contribution in [2.75, 3.05) is 0 Å². The summed E-state index contributed by atoms with van der Waals surface area (Å²) in [6.45, 7) is 2.17. The Hall–Kier alpha value is -1.94. The maximum Gasteiger partial charge on any atom is 0.168 e. The molecule has 110 valence electrons. The third-order valence-corrected chi connectivity index (χ3v) is 3.58. The largest absolute Gasteiger partial charge is 0.451 e. The van der Waals surface area contributed by atoms with Crippen LogP contribution < -0.4 is 10.1 Å². The lowest BCUT2D eigenvalue weighted by atomic mass is 10.1. The van der Waals surface area contributed by atoms with Gasteiger partial charge >= 0.3 is 0 Å². The molecule has 0 aromatic heterocycles. The van der Waals surface area contributed by atoms with E-state index in [1.54, 1.807) is 31.2 Å². The smallest absolute Gasteiger partial charge is 0.168 e. The molecule has 0 radical (unpaired) electrons. The number of aryl methyl sites for hydroxylation is 1. The summed E-state index contributed by atoms with van der Waals surface area (Å²) in [5.74, 6) is -0.796. The Balaban J connectivity index is 1.87. The molecule has 1 fully saturated rings. The molecule has 0 bridgehead atoms. The first-order valence-electron chi connectivity index (χ1n) is 7.09. The van der Waals surface area contributed by atoms with Crippen molar-refractivity contribution in [1.82, 2.24) is 5.32 Å². The third-order valence-electron chi connectivity index (χ3n) is 3.58. The summed E-state index contributed by atoms with van der Waals surface area (Å²) >= 11 is 0. The maximum atomic E-state index is 14.0. The standard InChI is InChI=1S/C17H17F2NO/c1-11-4-2-7-15(16(11)19)21-17-12(5-3-6-14(17)18)10-20-13-8-9-13/h2-7,13,20H,8-10H2,1H3. The van der Waals surface area contributed by atoms with Gasteiger partial charge in [0.25, 0.3) is 0 Å². The number of rotatable bonds is 5. The fraction of sp³-hybridized carbons (Fsp3) is 0.294. The van der Waals surface area contributed by atoms with Crippen molar-refractivity contribution < 1.29 is 13.5 Å². The van der Waals surface area contributed by atoms with Gasteiger partial charge in [-0.1, -0.05) is 24.3 Å². The van der Waals surface area contributed by atoms with Gasteiger partial charge in [-0.3, -0.25) is 0 Å².